The standard InChI is InChI=1S/C10H14N2O3/c1-14-10(13)8-6-9(15-12-8)7-2-4-11-5-3-7/h6-7,11H,2-5H2,1H3. The van der Waals surface area contributed by atoms with E-state index >= 15 is 0 Å². The van der Waals surface area contributed by atoms with Gasteiger partial charge < -0.3 is 14.6 Å². The molecular weight excluding hydrogens is 196 g/mol. The van der Waals surface area contributed by atoms with E-state index in [9.17, 15) is 4.79 Å². The van der Waals surface area contributed by atoms with Crippen LogP contribution in [0.3, 0.4) is 0 Å². The van der Waals surface area contributed by atoms with Crippen LogP contribution in [0.4, 0.5) is 0 Å². The third kappa shape index (κ3) is 2.18. The summed E-state index contributed by atoms with van der Waals surface area (Å²) < 4.78 is 9.71. The van der Waals surface area contributed by atoms with Crippen LogP contribution in [0.2, 0.25) is 0 Å². The zero-order valence-corrected chi connectivity index (χ0v) is 8.66. The van der Waals surface area contributed by atoms with E-state index in [1.165, 1.54) is 7.11 Å². The van der Waals surface area contributed by atoms with Crippen molar-refractivity contribution < 1.29 is 14.1 Å². The highest BCUT2D eigenvalue weighted by atomic mass is 16.5. The largest absolute Gasteiger partial charge is 0.464 e. The molecule has 1 aliphatic rings. The minimum Gasteiger partial charge on any atom is -0.464 e. The molecule has 1 saturated heterocycles. The summed E-state index contributed by atoms with van der Waals surface area (Å²) >= 11 is 0. The van der Waals surface area contributed by atoms with E-state index in [1.54, 1.807) is 6.07 Å². The Hall–Kier alpha value is -1.36. The Kier molecular flexibility index (Phi) is 3.01. The van der Waals surface area contributed by atoms with Crippen molar-refractivity contribution in [3.8, 4) is 0 Å². The fraction of sp³-hybridized carbons (Fsp3) is 0.600. The second-order valence-electron chi connectivity index (χ2n) is 3.63. The number of carbonyl (C=O) groups excluding carboxylic acids is 1. The van der Waals surface area contributed by atoms with Gasteiger partial charge in [-0.2, -0.15) is 0 Å². The van der Waals surface area contributed by atoms with Gasteiger partial charge in [-0.1, -0.05) is 5.16 Å². The first-order valence-corrected chi connectivity index (χ1v) is 5.07. The molecule has 2 rings (SSSR count). The van der Waals surface area contributed by atoms with Gasteiger partial charge in [-0.25, -0.2) is 4.79 Å². The van der Waals surface area contributed by atoms with E-state index in [2.05, 4.69) is 15.2 Å². The molecule has 0 atom stereocenters. The molecule has 5 heteroatoms. The lowest BCUT2D eigenvalue weighted by Crippen LogP contribution is -2.26. The number of hydrogen-bond donors (Lipinski definition) is 1. The average Bonchev–Trinajstić information content (AvgIpc) is 2.78. The molecule has 0 amide bonds. The van der Waals surface area contributed by atoms with Crippen LogP contribution in [0, 0.1) is 0 Å². The van der Waals surface area contributed by atoms with Crippen molar-refractivity contribution in [1.29, 1.82) is 0 Å². The number of carbonyl (C=O) groups is 1. The van der Waals surface area contributed by atoms with Gasteiger partial charge in [0, 0.05) is 12.0 Å². The first-order valence-electron chi connectivity index (χ1n) is 5.07. The lowest BCUT2D eigenvalue weighted by atomic mass is 9.95. The number of rotatable bonds is 2. The quantitative estimate of drug-likeness (QED) is 0.735. The number of ether oxygens (including phenoxy) is 1. The predicted molar refractivity (Wildman–Crippen MR) is 52.7 cm³/mol. The van der Waals surface area contributed by atoms with Gasteiger partial charge in [-0.3, -0.25) is 0 Å². The molecule has 5 nitrogen and oxygen atoms in total. The number of aromatic nitrogens is 1. The van der Waals surface area contributed by atoms with Crippen LogP contribution in [0.5, 0.6) is 0 Å². The van der Waals surface area contributed by atoms with Crippen molar-refractivity contribution in [1.82, 2.24) is 10.5 Å². The van der Waals surface area contributed by atoms with Crippen molar-refractivity contribution in [3.63, 3.8) is 0 Å². The molecule has 1 N–H and O–H groups in total. The molecule has 0 unspecified atom stereocenters. The normalized spacial score (nSPS) is 17.7. The first-order chi connectivity index (χ1) is 7.31. The molecule has 0 bridgehead atoms. The van der Waals surface area contributed by atoms with E-state index in [1.807, 2.05) is 0 Å². The number of hydrogen-bond acceptors (Lipinski definition) is 5. The summed E-state index contributed by atoms with van der Waals surface area (Å²) in [5.74, 6) is 0.716. The molecule has 0 aromatic carbocycles. The number of nitrogens with one attached hydrogen (secondary N) is 1. The van der Waals surface area contributed by atoms with Crippen LogP contribution in [0.1, 0.15) is 35.0 Å². The Morgan fingerprint density at radius 1 is 1.60 bits per heavy atom. The molecule has 0 spiro atoms. The summed E-state index contributed by atoms with van der Waals surface area (Å²) in [4.78, 5) is 11.2. The summed E-state index contributed by atoms with van der Waals surface area (Å²) in [7, 11) is 1.33. The van der Waals surface area contributed by atoms with Crippen LogP contribution in [0.15, 0.2) is 10.6 Å². The molecule has 15 heavy (non-hydrogen) atoms. The maximum Gasteiger partial charge on any atom is 0.360 e. The van der Waals surface area contributed by atoms with Gasteiger partial charge in [-0.05, 0) is 25.9 Å². The van der Waals surface area contributed by atoms with Crippen LogP contribution in [0.25, 0.3) is 0 Å². The predicted octanol–water partition coefficient (Wildman–Crippen LogP) is 0.928. The van der Waals surface area contributed by atoms with Crippen LogP contribution in [-0.4, -0.2) is 31.3 Å². The average molecular weight is 210 g/mol. The third-order valence-electron chi connectivity index (χ3n) is 2.66. The molecule has 0 saturated carbocycles. The molecule has 1 aromatic heterocycles. The highest BCUT2D eigenvalue weighted by Crippen LogP contribution is 2.25. The fourth-order valence-corrected chi connectivity index (χ4v) is 1.79. The second-order valence-corrected chi connectivity index (χ2v) is 3.63. The van der Waals surface area contributed by atoms with Gasteiger partial charge in [0.15, 0.2) is 5.69 Å². The fourth-order valence-electron chi connectivity index (χ4n) is 1.79. The molecule has 0 aliphatic carbocycles. The highest BCUT2D eigenvalue weighted by Gasteiger charge is 2.21. The van der Waals surface area contributed by atoms with Gasteiger partial charge in [0.25, 0.3) is 0 Å². The number of methoxy groups -OCH3 is 1. The monoisotopic (exact) mass is 210 g/mol. The lowest BCUT2D eigenvalue weighted by molar-refractivity contribution is 0.0589. The minimum absolute atomic E-state index is 0.256. The SMILES string of the molecule is COC(=O)c1cc(C2CCNCC2)on1. The third-order valence-corrected chi connectivity index (χ3v) is 2.66. The lowest BCUT2D eigenvalue weighted by Gasteiger charge is -2.19. The van der Waals surface area contributed by atoms with Crippen molar-refractivity contribution in [2.45, 2.75) is 18.8 Å². The molecular formula is C10H14N2O3. The molecule has 1 aliphatic heterocycles. The van der Waals surface area contributed by atoms with Crippen molar-refractivity contribution in [2.75, 3.05) is 20.2 Å². The summed E-state index contributed by atoms with van der Waals surface area (Å²) in [6.45, 7) is 1.97. The number of nitrogens with zero attached hydrogens (tertiary/aromatic N) is 1. The van der Waals surface area contributed by atoms with Gasteiger partial charge >= 0.3 is 5.97 Å². The highest BCUT2D eigenvalue weighted by molar-refractivity contribution is 5.86. The Morgan fingerprint density at radius 2 is 2.33 bits per heavy atom. The molecule has 82 valence electrons. The summed E-state index contributed by atoms with van der Waals surface area (Å²) in [6, 6.07) is 1.68. The maximum atomic E-state index is 11.2. The van der Waals surface area contributed by atoms with Crippen molar-refractivity contribution >= 4 is 5.97 Å². The Labute approximate surface area is 87.8 Å². The van der Waals surface area contributed by atoms with E-state index < -0.39 is 5.97 Å². The van der Waals surface area contributed by atoms with Crippen molar-refractivity contribution in [2.24, 2.45) is 0 Å². The van der Waals surface area contributed by atoms with Crippen LogP contribution in [-0.2, 0) is 4.74 Å². The molecule has 2 heterocycles. The van der Waals surface area contributed by atoms with Gasteiger partial charge in [0.1, 0.15) is 5.76 Å². The summed E-state index contributed by atoms with van der Waals surface area (Å²) in [5.41, 5.74) is 0.256. The zero-order chi connectivity index (χ0) is 10.7. The van der Waals surface area contributed by atoms with E-state index in [-0.39, 0.29) is 5.69 Å². The van der Waals surface area contributed by atoms with Crippen molar-refractivity contribution in [3.05, 3.63) is 17.5 Å². The summed E-state index contributed by atoms with van der Waals surface area (Å²) in [5, 5.41) is 6.96. The second kappa shape index (κ2) is 4.44. The molecule has 0 radical (unpaired) electrons. The van der Waals surface area contributed by atoms with Gasteiger partial charge in [0.2, 0.25) is 0 Å². The molecule has 1 aromatic rings. The number of piperidine rings is 1. The number of esters is 1. The van der Waals surface area contributed by atoms with E-state index in [0.717, 1.165) is 31.7 Å². The van der Waals surface area contributed by atoms with Crippen LogP contribution >= 0.6 is 0 Å². The topological polar surface area (TPSA) is 64.4 Å². The molecule has 1 fully saturated rings. The zero-order valence-electron chi connectivity index (χ0n) is 8.66. The minimum atomic E-state index is -0.445. The maximum absolute atomic E-state index is 11.2. The Morgan fingerprint density at radius 3 is 3.00 bits per heavy atom. The Balaban J connectivity index is 2.08. The Bertz CT molecular complexity index is 342. The first kappa shape index (κ1) is 10.2. The van der Waals surface area contributed by atoms with E-state index in [4.69, 9.17) is 4.52 Å². The summed E-state index contributed by atoms with van der Waals surface area (Å²) in [6.07, 6.45) is 2.05. The van der Waals surface area contributed by atoms with E-state index in [0.29, 0.717) is 5.92 Å². The van der Waals surface area contributed by atoms with Gasteiger partial charge in [0.05, 0.1) is 7.11 Å². The smallest absolute Gasteiger partial charge is 0.360 e. The van der Waals surface area contributed by atoms with Crippen LogP contribution < -0.4 is 5.32 Å². The van der Waals surface area contributed by atoms with Gasteiger partial charge in [-0.15, -0.1) is 0 Å².